The second-order valence-corrected chi connectivity index (χ2v) is 4.13. The molecule has 0 aliphatic heterocycles. The average molecular weight is 239 g/mol. The van der Waals surface area contributed by atoms with Crippen molar-refractivity contribution in [1.29, 1.82) is 0 Å². The first-order chi connectivity index (χ1) is 7.70. The van der Waals surface area contributed by atoms with Gasteiger partial charge >= 0.3 is 0 Å². The first-order valence-electron chi connectivity index (χ1n) is 5.47. The summed E-state index contributed by atoms with van der Waals surface area (Å²) in [4.78, 5) is 22.1. The predicted molar refractivity (Wildman–Crippen MR) is 64.7 cm³/mol. The highest BCUT2D eigenvalue weighted by molar-refractivity contribution is 6.63. The van der Waals surface area contributed by atoms with E-state index in [1.54, 1.807) is 0 Å². The van der Waals surface area contributed by atoms with Crippen molar-refractivity contribution in [2.75, 3.05) is 0 Å². The average Bonchev–Trinajstić information content (AvgIpc) is 2.29. The third-order valence-electron chi connectivity index (χ3n) is 2.37. The summed E-state index contributed by atoms with van der Waals surface area (Å²) in [6.07, 6.45) is 3.40. The molecule has 0 atom stereocenters. The Morgan fingerprint density at radius 2 is 1.56 bits per heavy atom. The van der Waals surface area contributed by atoms with Gasteiger partial charge in [0.2, 0.25) is 5.24 Å². The Bertz CT molecular complexity index is 346. The van der Waals surface area contributed by atoms with Crippen molar-refractivity contribution in [2.45, 2.75) is 32.1 Å². The van der Waals surface area contributed by atoms with E-state index in [1.807, 2.05) is 30.3 Å². The molecule has 1 aromatic rings. The molecule has 0 saturated carbocycles. The number of hydrogen-bond acceptors (Lipinski definition) is 2. The predicted octanol–water partition coefficient (Wildman–Crippen LogP) is 3.59. The standard InChI is InChI=1S/C13H15ClO2/c14-13(16)10-6-2-5-9-12(15)11-7-3-1-4-8-11/h1,3-4,7-8H,2,5-6,9-10H2. The van der Waals surface area contributed by atoms with E-state index in [0.29, 0.717) is 12.8 Å². The number of hydrogen-bond donors (Lipinski definition) is 0. The van der Waals surface area contributed by atoms with E-state index >= 15 is 0 Å². The molecule has 0 fully saturated rings. The summed E-state index contributed by atoms with van der Waals surface area (Å²) in [5.41, 5.74) is 0.760. The van der Waals surface area contributed by atoms with E-state index in [1.165, 1.54) is 0 Å². The SMILES string of the molecule is O=C(Cl)CCCCCC(=O)c1ccccc1. The third kappa shape index (κ3) is 5.08. The number of rotatable bonds is 7. The smallest absolute Gasteiger partial charge is 0.221 e. The van der Waals surface area contributed by atoms with Gasteiger partial charge in [0.15, 0.2) is 5.78 Å². The molecule has 0 heterocycles. The second-order valence-electron chi connectivity index (χ2n) is 3.70. The maximum absolute atomic E-state index is 11.6. The van der Waals surface area contributed by atoms with Crippen LogP contribution in [0.15, 0.2) is 30.3 Å². The lowest BCUT2D eigenvalue weighted by Crippen LogP contribution is -1.98. The maximum Gasteiger partial charge on any atom is 0.221 e. The minimum absolute atomic E-state index is 0.165. The van der Waals surface area contributed by atoms with Gasteiger partial charge < -0.3 is 0 Å². The summed E-state index contributed by atoms with van der Waals surface area (Å²) in [5.74, 6) is 0.165. The summed E-state index contributed by atoms with van der Waals surface area (Å²) in [5, 5.41) is -0.297. The lowest BCUT2D eigenvalue weighted by molar-refractivity contribution is -0.111. The van der Waals surface area contributed by atoms with Gasteiger partial charge in [-0.05, 0) is 24.4 Å². The molecule has 16 heavy (non-hydrogen) atoms. The van der Waals surface area contributed by atoms with Crippen LogP contribution in [0.4, 0.5) is 0 Å². The van der Waals surface area contributed by atoms with Crippen molar-refractivity contribution in [1.82, 2.24) is 0 Å². The molecule has 0 aromatic heterocycles. The quantitative estimate of drug-likeness (QED) is 0.413. The molecule has 0 aliphatic rings. The van der Waals surface area contributed by atoms with Crippen LogP contribution in [0.25, 0.3) is 0 Å². The van der Waals surface area contributed by atoms with Gasteiger partial charge in [-0.2, -0.15) is 0 Å². The molecular weight excluding hydrogens is 224 g/mol. The Morgan fingerprint density at radius 3 is 2.19 bits per heavy atom. The van der Waals surface area contributed by atoms with Gasteiger partial charge in [0, 0.05) is 18.4 Å². The Balaban J connectivity index is 2.19. The van der Waals surface area contributed by atoms with Crippen LogP contribution < -0.4 is 0 Å². The van der Waals surface area contributed by atoms with Gasteiger partial charge in [0.1, 0.15) is 0 Å². The fourth-order valence-electron chi connectivity index (χ4n) is 1.49. The molecule has 1 rings (SSSR count). The molecular formula is C13H15ClO2. The number of Topliss-reactive ketones (excluding diaryl/α,β-unsaturated/α-hetero) is 1. The first kappa shape index (κ1) is 12.9. The number of benzene rings is 1. The van der Waals surface area contributed by atoms with Gasteiger partial charge in [0.25, 0.3) is 0 Å². The zero-order valence-electron chi connectivity index (χ0n) is 9.12. The van der Waals surface area contributed by atoms with Crippen LogP contribution in [0.3, 0.4) is 0 Å². The van der Waals surface area contributed by atoms with Crippen molar-refractivity contribution >= 4 is 22.6 Å². The van der Waals surface area contributed by atoms with E-state index in [2.05, 4.69) is 0 Å². The van der Waals surface area contributed by atoms with Crippen LogP contribution in [-0.4, -0.2) is 11.0 Å². The van der Waals surface area contributed by atoms with Crippen LogP contribution in [0.1, 0.15) is 42.5 Å². The maximum atomic E-state index is 11.6. The topological polar surface area (TPSA) is 34.1 Å². The summed E-state index contributed by atoms with van der Waals surface area (Å²) in [6.45, 7) is 0. The monoisotopic (exact) mass is 238 g/mol. The van der Waals surface area contributed by atoms with Crippen molar-refractivity contribution in [2.24, 2.45) is 0 Å². The minimum Gasteiger partial charge on any atom is -0.294 e. The van der Waals surface area contributed by atoms with Gasteiger partial charge in [-0.25, -0.2) is 0 Å². The molecule has 2 nitrogen and oxygen atoms in total. The molecule has 0 amide bonds. The Kier molecular flexibility index (Phi) is 5.79. The zero-order chi connectivity index (χ0) is 11.8. The van der Waals surface area contributed by atoms with Crippen LogP contribution in [0, 0.1) is 0 Å². The molecule has 0 aliphatic carbocycles. The molecule has 0 bridgehead atoms. The third-order valence-corrected chi connectivity index (χ3v) is 2.56. The van der Waals surface area contributed by atoms with Gasteiger partial charge in [0.05, 0.1) is 0 Å². The molecule has 0 unspecified atom stereocenters. The molecule has 86 valence electrons. The van der Waals surface area contributed by atoms with Crippen LogP contribution in [0.5, 0.6) is 0 Å². The van der Waals surface area contributed by atoms with Crippen LogP contribution in [0.2, 0.25) is 0 Å². The second kappa shape index (κ2) is 7.18. The van der Waals surface area contributed by atoms with Gasteiger partial charge in [-0.3, -0.25) is 9.59 Å². The zero-order valence-corrected chi connectivity index (χ0v) is 9.87. The molecule has 1 aromatic carbocycles. The molecule has 0 spiro atoms. The lowest BCUT2D eigenvalue weighted by Gasteiger charge is -2.00. The van der Waals surface area contributed by atoms with E-state index in [-0.39, 0.29) is 11.0 Å². The van der Waals surface area contributed by atoms with Crippen molar-refractivity contribution < 1.29 is 9.59 Å². The molecule has 0 N–H and O–H groups in total. The summed E-state index contributed by atoms with van der Waals surface area (Å²) in [7, 11) is 0. The number of halogens is 1. The summed E-state index contributed by atoms with van der Waals surface area (Å²) < 4.78 is 0. The van der Waals surface area contributed by atoms with Crippen LogP contribution >= 0.6 is 11.6 Å². The number of ketones is 1. The number of unbranched alkanes of at least 4 members (excludes halogenated alkanes) is 2. The molecule has 0 saturated heterocycles. The van der Waals surface area contributed by atoms with E-state index in [4.69, 9.17) is 11.6 Å². The minimum atomic E-state index is -0.297. The van der Waals surface area contributed by atoms with E-state index in [9.17, 15) is 9.59 Å². The van der Waals surface area contributed by atoms with Crippen molar-refractivity contribution in [3.05, 3.63) is 35.9 Å². The van der Waals surface area contributed by atoms with Crippen LogP contribution in [-0.2, 0) is 4.79 Å². The normalized spacial score (nSPS) is 10.1. The van der Waals surface area contributed by atoms with E-state index in [0.717, 1.165) is 24.8 Å². The molecule has 3 heteroatoms. The Hall–Kier alpha value is -1.15. The highest BCUT2D eigenvalue weighted by Gasteiger charge is 2.04. The fourth-order valence-corrected chi connectivity index (χ4v) is 1.63. The number of carbonyl (C=O) groups excluding carboxylic acids is 2. The summed E-state index contributed by atoms with van der Waals surface area (Å²) >= 11 is 5.21. The largest absolute Gasteiger partial charge is 0.294 e. The lowest BCUT2D eigenvalue weighted by atomic mass is 10.0. The Morgan fingerprint density at radius 1 is 0.938 bits per heavy atom. The fraction of sp³-hybridized carbons (Fsp3) is 0.385. The van der Waals surface area contributed by atoms with Crippen molar-refractivity contribution in [3.63, 3.8) is 0 Å². The summed E-state index contributed by atoms with van der Waals surface area (Å²) in [6, 6.07) is 9.26. The van der Waals surface area contributed by atoms with Gasteiger partial charge in [-0.1, -0.05) is 36.8 Å². The number of carbonyl (C=O) groups is 2. The Labute approximate surface area is 101 Å². The highest BCUT2D eigenvalue weighted by Crippen LogP contribution is 2.09. The highest BCUT2D eigenvalue weighted by atomic mass is 35.5. The molecule has 0 radical (unpaired) electrons. The first-order valence-corrected chi connectivity index (χ1v) is 5.84. The van der Waals surface area contributed by atoms with Crippen molar-refractivity contribution in [3.8, 4) is 0 Å². The van der Waals surface area contributed by atoms with E-state index < -0.39 is 0 Å². The van der Waals surface area contributed by atoms with Gasteiger partial charge in [-0.15, -0.1) is 0 Å².